The number of anilines is 1. The number of carbonyl (C=O) groups is 2. The summed E-state index contributed by atoms with van der Waals surface area (Å²) in [6, 6.07) is 0.365. The van der Waals surface area contributed by atoms with Crippen LogP contribution in [0.2, 0.25) is 0 Å². The molecule has 108 valence electrons. The molecule has 7 nitrogen and oxygen atoms in total. The minimum atomic E-state index is -0.229. The van der Waals surface area contributed by atoms with Crippen LogP contribution < -0.4 is 16.0 Å². The van der Waals surface area contributed by atoms with Crippen molar-refractivity contribution >= 4 is 17.8 Å². The summed E-state index contributed by atoms with van der Waals surface area (Å²) in [5, 5.41) is 8.76. The molecule has 2 amide bonds. The van der Waals surface area contributed by atoms with Gasteiger partial charge in [0.2, 0.25) is 11.9 Å². The van der Waals surface area contributed by atoms with Gasteiger partial charge in [-0.05, 0) is 19.3 Å². The first kappa shape index (κ1) is 13.0. The number of nitrogens with zero attached hydrogens (tertiary/aromatic N) is 2. The molecular weight excluding hydrogens is 258 g/mol. The van der Waals surface area contributed by atoms with E-state index in [2.05, 4.69) is 20.9 Å². The van der Waals surface area contributed by atoms with Gasteiger partial charge in [0.05, 0.1) is 0 Å². The van der Waals surface area contributed by atoms with Gasteiger partial charge < -0.3 is 20.5 Å². The van der Waals surface area contributed by atoms with E-state index in [0.717, 1.165) is 38.3 Å². The van der Waals surface area contributed by atoms with Crippen molar-refractivity contribution in [1.82, 2.24) is 20.2 Å². The highest BCUT2D eigenvalue weighted by Gasteiger charge is 2.23. The van der Waals surface area contributed by atoms with Crippen molar-refractivity contribution in [3.8, 4) is 0 Å². The molecule has 2 aliphatic rings. The molecule has 7 heteroatoms. The lowest BCUT2D eigenvalue weighted by Gasteiger charge is -2.14. The van der Waals surface area contributed by atoms with Gasteiger partial charge >= 0.3 is 0 Å². The Labute approximate surface area is 117 Å². The molecule has 3 rings (SSSR count). The zero-order chi connectivity index (χ0) is 13.9. The van der Waals surface area contributed by atoms with Gasteiger partial charge in [0.1, 0.15) is 5.69 Å². The van der Waals surface area contributed by atoms with Crippen molar-refractivity contribution in [3.63, 3.8) is 0 Å². The predicted molar refractivity (Wildman–Crippen MR) is 73.4 cm³/mol. The van der Waals surface area contributed by atoms with Gasteiger partial charge in [0.25, 0.3) is 5.91 Å². The topological polar surface area (TPSA) is 88.0 Å². The van der Waals surface area contributed by atoms with Crippen LogP contribution in [0.25, 0.3) is 0 Å². The standard InChI is InChI=1S/C13H19N5O2/c19-11(16-9-2-3-9)4-6-14-12(20)10-8-18-7-1-5-15-13(18)17-10/h8-9H,1-7H2,(H,14,20)(H,15,17)(H,16,19). The summed E-state index contributed by atoms with van der Waals surface area (Å²) >= 11 is 0. The molecule has 1 saturated carbocycles. The Kier molecular flexibility index (Phi) is 3.58. The van der Waals surface area contributed by atoms with Crippen LogP contribution in [0.1, 0.15) is 36.2 Å². The van der Waals surface area contributed by atoms with Crippen molar-refractivity contribution in [3.05, 3.63) is 11.9 Å². The maximum Gasteiger partial charge on any atom is 0.271 e. The summed E-state index contributed by atoms with van der Waals surface area (Å²) in [7, 11) is 0. The molecule has 0 radical (unpaired) electrons. The normalized spacial score (nSPS) is 17.0. The van der Waals surface area contributed by atoms with Gasteiger partial charge in [-0.3, -0.25) is 9.59 Å². The fourth-order valence-corrected chi connectivity index (χ4v) is 2.19. The molecule has 0 saturated heterocycles. The molecule has 1 fully saturated rings. The monoisotopic (exact) mass is 277 g/mol. The molecule has 20 heavy (non-hydrogen) atoms. The number of rotatable bonds is 5. The first-order valence-electron chi connectivity index (χ1n) is 7.11. The van der Waals surface area contributed by atoms with Crippen molar-refractivity contribution < 1.29 is 9.59 Å². The number of imidazole rings is 1. The number of fused-ring (bicyclic) bond motifs is 1. The first-order chi connectivity index (χ1) is 9.72. The molecule has 0 spiro atoms. The largest absolute Gasteiger partial charge is 0.356 e. The van der Waals surface area contributed by atoms with E-state index >= 15 is 0 Å². The van der Waals surface area contributed by atoms with E-state index in [4.69, 9.17) is 0 Å². The second-order valence-electron chi connectivity index (χ2n) is 5.27. The second-order valence-corrected chi connectivity index (χ2v) is 5.27. The molecule has 1 aromatic heterocycles. The van der Waals surface area contributed by atoms with Gasteiger partial charge in [0.15, 0.2) is 0 Å². The van der Waals surface area contributed by atoms with Gasteiger partial charge in [-0.15, -0.1) is 0 Å². The Bertz CT molecular complexity index is 497. The molecule has 1 aromatic rings. The Morgan fingerprint density at radius 3 is 3.05 bits per heavy atom. The van der Waals surface area contributed by atoms with E-state index in [0.29, 0.717) is 24.7 Å². The lowest BCUT2D eigenvalue weighted by atomic mass is 10.3. The molecule has 1 aliphatic heterocycles. The Balaban J connectivity index is 1.46. The first-order valence-corrected chi connectivity index (χ1v) is 7.11. The molecule has 3 N–H and O–H groups in total. The smallest absolute Gasteiger partial charge is 0.271 e. The van der Waals surface area contributed by atoms with Gasteiger partial charge in [0, 0.05) is 38.3 Å². The van der Waals surface area contributed by atoms with E-state index in [9.17, 15) is 9.59 Å². The summed E-state index contributed by atoms with van der Waals surface area (Å²) in [6.45, 7) is 2.11. The highest BCUT2D eigenvalue weighted by Crippen LogP contribution is 2.18. The van der Waals surface area contributed by atoms with Crippen molar-refractivity contribution in [1.29, 1.82) is 0 Å². The van der Waals surface area contributed by atoms with Crippen LogP contribution in [0.5, 0.6) is 0 Å². The van der Waals surface area contributed by atoms with Crippen LogP contribution >= 0.6 is 0 Å². The second kappa shape index (κ2) is 5.52. The fraction of sp³-hybridized carbons (Fsp3) is 0.615. The average molecular weight is 277 g/mol. The van der Waals surface area contributed by atoms with E-state index in [1.807, 2.05) is 4.57 Å². The summed E-state index contributed by atoms with van der Waals surface area (Å²) in [5.74, 6) is 0.513. The molecule has 0 bridgehead atoms. The van der Waals surface area contributed by atoms with Gasteiger partial charge in [-0.1, -0.05) is 0 Å². The van der Waals surface area contributed by atoms with Crippen LogP contribution in [0.4, 0.5) is 5.95 Å². The zero-order valence-corrected chi connectivity index (χ0v) is 11.3. The number of aryl methyl sites for hydroxylation is 1. The highest BCUT2D eigenvalue weighted by molar-refractivity contribution is 5.92. The van der Waals surface area contributed by atoms with Gasteiger partial charge in [-0.2, -0.15) is 0 Å². The fourth-order valence-electron chi connectivity index (χ4n) is 2.19. The highest BCUT2D eigenvalue weighted by atomic mass is 16.2. The molecule has 0 atom stereocenters. The molecule has 1 aliphatic carbocycles. The zero-order valence-electron chi connectivity index (χ0n) is 11.3. The van der Waals surface area contributed by atoms with E-state index in [-0.39, 0.29) is 11.8 Å². The quantitative estimate of drug-likeness (QED) is 0.712. The SMILES string of the molecule is O=C(CCNC(=O)c1cn2c(n1)NCCC2)NC1CC1. The summed E-state index contributed by atoms with van der Waals surface area (Å²) in [5.41, 5.74) is 0.400. The Hall–Kier alpha value is -2.05. The molecule has 0 aromatic carbocycles. The minimum Gasteiger partial charge on any atom is -0.356 e. The lowest BCUT2D eigenvalue weighted by Crippen LogP contribution is -2.31. The van der Waals surface area contributed by atoms with Crippen LogP contribution in [-0.2, 0) is 11.3 Å². The van der Waals surface area contributed by atoms with Crippen LogP contribution in [0, 0.1) is 0 Å². The number of carbonyl (C=O) groups excluding carboxylic acids is 2. The van der Waals surface area contributed by atoms with Crippen LogP contribution in [0.3, 0.4) is 0 Å². The van der Waals surface area contributed by atoms with Crippen molar-refractivity contribution in [2.75, 3.05) is 18.4 Å². The average Bonchev–Trinajstić information content (AvgIpc) is 3.13. The number of hydrogen-bond donors (Lipinski definition) is 3. The predicted octanol–water partition coefficient (Wildman–Crippen LogP) is 0.0972. The van der Waals surface area contributed by atoms with Gasteiger partial charge in [-0.25, -0.2) is 4.98 Å². The minimum absolute atomic E-state index is 0.00129. The number of aromatic nitrogens is 2. The summed E-state index contributed by atoms with van der Waals surface area (Å²) in [6.07, 6.45) is 5.25. The molecular formula is C13H19N5O2. The lowest BCUT2D eigenvalue weighted by molar-refractivity contribution is -0.121. The maximum atomic E-state index is 11.9. The maximum absolute atomic E-state index is 11.9. The Morgan fingerprint density at radius 1 is 1.45 bits per heavy atom. The molecule has 2 heterocycles. The Morgan fingerprint density at radius 2 is 2.30 bits per heavy atom. The van der Waals surface area contributed by atoms with Crippen molar-refractivity contribution in [2.45, 2.75) is 38.3 Å². The summed E-state index contributed by atoms with van der Waals surface area (Å²) in [4.78, 5) is 27.7. The number of amides is 2. The molecule has 0 unspecified atom stereocenters. The van der Waals surface area contributed by atoms with Crippen molar-refractivity contribution in [2.24, 2.45) is 0 Å². The van der Waals surface area contributed by atoms with E-state index < -0.39 is 0 Å². The third-order valence-corrected chi connectivity index (χ3v) is 3.45. The van der Waals surface area contributed by atoms with E-state index in [1.54, 1.807) is 6.20 Å². The van der Waals surface area contributed by atoms with E-state index in [1.165, 1.54) is 0 Å². The number of nitrogens with one attached hydrogen (secondary N) is 3. The summed E-state index contributed by atoms with van der Waals surface area (Å²) < 4.78 is 1.94. The third-order valence-electron chi connectivity index (χ3n) is 3.45. The number of hydrogen-bond acceptors (Lipinski definition) is 4. The third kappa shape index (κ3) is 3.09. The van der Waals surface area contributed by atoms with Crippen LogP contribution in [0.15, 0.2) is 6.20 Å². The van der Waals surface area contributed by atoms with Crippen LogP contribution in [-0.4, -0.2) is 40.5 Å².